The molecule has 1 aliphatic rings. The number of carbonyl (C=O) groups excluding carboxylic acids is 2. The van der Waals surface area contributed by atoms with Crippen molar-refractivity contribution < 1.29 is 38.4 Å². The van der Waals surface area contributed by atoms with E-state index in [1.807, 2.05) is 6.92 Å². The van der Waals surface area contributed by atoms with Crippen LogP contribution in [0.15, 0.2) is 54.1 Å². The quantitative estimate of drug-likeness (QED) is 0.183. The van der Waals surface area contributed by atoms with Crippen LogP contribution in [0.3, 0.4) is 0 Å². The van der Waals surface area contributed by atoms with Gasteiger partial charge in [-0.2, -0.15) is 0 Å². The summed E-state index contributed by atoms with van der Waals surface area (Å²) in [6.45, 7) is 2.16. The van der Waals surface area contributed by atoms with Crippen LogP contribution in [0.5, 0.6) is 28.7 Å². The number of rotatable bonds is 9. The lowest BCUT2D eigenvalue weighted by Crippen LogP contribution is -2.29. The number of methoxy groups -OCH3 is 4. The maximum Gasteiger partial charge on any atom is 0.300 e. The first-order chi connectivity index (χ1) is 19.2. The van der Waals surface area contributed by atoms with Crippen LogP contribution in [0.25, 0.3) is 5.76 Å². The third-order valence-electron chi connectivity index (χ3n) is 6.39. The number of hydrogen-bond donors (Lipinski definition) is 1. The number of aliphatic hydroxyl groups excluding tert-OH is 1. The molecule has 40 heavy (non-hydrogen) atoms. The van der Waals surface area contributed by atoms with Crippen LogP contribution >= 0.6 is 23.2 Å². The average Bonchev–Trinajstić information content (AvgIpc) is 3.22. The van der Waals surface area contributed by atoms with Crippen molar-refractivity contribution in [3.8, 4) is 28.7 Å². The van der Waals surface area contributed by atoms with Crippen molar-refractivity contribution in [1.29, 1.82) is 0 Å². The monoisotopic (exact) mass is 587 g/mol. The minimum absolute atomic E-state index is 0.00887. The first-order valence-electron chi connectivity index (χ1n) is 12.1. The normalized spacial score (nSPS) is 16.2. The molecule has 0 radical (unpaired) electrons. The second kappa shape index (κ2) is 12.0. The highest BCUT2D eigenvalue weighted by Gasteiger charge is 2.47. The van der Waals surface area contributed by atoms with E-state index in [-0.39, 0.29) is 32.7 Å². The van der Waals surface area contributed by atoms with Gasteiger partial charge >= 0.3 is 0 Å². The number of anilines is 1. The molecule has 1 unspecified atom stereocenters. The number of ketones is 1. The summed E-state index contributed by atoms with van der Waals surface area (Å²) in [4.78, 5) is 28.5. The number of amides is 1. The molecule has 0 aromatic heterocycles. The van der Waals surface area contributed by atoms with Gasteiger partial charge in [0.15, 0.2) is 23.0 Å². The van der Waals surface area contributed by atoms with E-state index >= 15 is 0 Å². The van der Waals surface area contributed by atoms with Gasteiger partial charge in [-0.15, -0.1) is 0 Å². The Kier molecular flexibility index (Phi) is 8.66. The molecule has 1 atom stereocenters. The van der Waals surface area contributed by atoms with Gasteiger partial charge in [0.1, 0.15) is 16.5 Å². The molecule has 1 aliphatic heterocycles. The molecule has 11 heteroatoms. The van der Waals surface area contributed by atoms with Crippen LogP contribution in [0.1, 0.15) is 24.1 Å². The van der Waals surface area contributed by atoms with Gasteiger partial charge in [0, 0.05) is 5.69 Å². The van der Waals surface area contributed by atoms with Crippen LogP contribution in [0, 0.1) is 0 Å². The van der Waals surface area contributed by atoms with Gasteiger partial charge in [-0.1, -0.05) is 29.3 Å². The van der Waals surface area contributed by atoms with Crippen LogP contribution in [0.2, 0.25) is 10.0 Å². The number of hydrogen-bond acceptors (Lipinski definition) is 8. The fraction of sp³-hybridized carbons (Fsp3) is 0.241. The molecule has 0 aliphatic carbocycles. The number of halogens is 2. The Bertz CT molecular complexity index is 1490. The molecular weight excluding hydrogens is 561 g/mol. The van der Waals surface area contributed by atoms with E-state index < -0.39 is 23.5 Å². The minimum Gasteiger partial charge on any atom is -0.507 e. The Morgan fingerprint density at radius 2 is 1.55 bits per heavy atom. The number of ether oxygens (including phenoxy) is 5. The molecule has 1 saturated heterocycles. The molecular formula is C29H27Cl2NO8. The van der Waals surface area contributed by atoms with Gasteiger partial charge in [0.2, 0.25) is 0 Å². The molecule has 3 aromatic carbocycles. The average molecular weight is 588 g/mol. The minimum atomic E-state index is -1.07. The first-order valence-corrected chi connectivity index (χ1v) is 12.8. The number of nitrogens with zero attached hydrogens (tertiary/aromatic N) is 1. The molecule has 210 valence electrons. The van der Waals surface area contributed by atoms with Gasteiger partial charge in [-0.3, -0.25) is 14.5 Å². The molecule has 0 bridgehead atoms. The van der Waals surface area contributed by atoms with Crippen molar-refractivity contribution in [2.45, 2.75) is 13.0 Å². The number of aliphatic hydroxyl groups is 1. The zero-order valence-electron chi connectivity index (χ0n) is 22.4. The Morgan fingerprint density at radius 1 is 0.875 bits per heavy atom. The van der Waals surface area contributed by atoms with Gasteiger partial charge < -0.3 is 28.8 Å². The lowest BCUT2D eigenvalue weighted by atomic mass is 9.94. The highest BCUT2D eigenvalue weighted by molar-refractivity contribution is 6.52. The largest absolute Gasteiger partial charge is 0.507 e. The first kappa shape index (κ1) is 28.9. The Hall–Kier alpha value is -4.08. The summed E-state index contributed by atoms with van der Waals surface area (Å²) in [5.74, 6) is -0.739. The van der Waals surface area contributed by atoms with E-state index in [1.165, 1.54) is 39.4 Å². The molecule has 0 spiro atoms. The summed E-state index contributed by atoms with van der Waals surface area (Å²) in [5, 5.41) is 11.7. The van der Waals surface area contributed by atoms with Crippen molar-refractivity contribution in [3.63, 3.8) is 0 Å². The van der Waals surface area contributed by atoms with Gasteiger partial charge in [0.25, 0.3) is 11.7 Å². The molecule has 1 N–H and O–H groups in total. The van der Waals surface area contributed by atoms with E-state index in [0.29, 0.717) is 35.1 Å². The summed E-state index contributed by atoms with van der Waals surface area (Å²) in [7, 11) is 5.75. The number of benzene rings is 3. The van der Waals surface area contributed by atoms with Crippen molar-refractivity contribution in [2.75, 3.05) is 39.9 Å². The van der Waals surface area contributed by atoms with E-state index in [4.69, 9.17) is 46.9 Å². The summed E-state index contributed by atoms with van der Waals surface area (Å²) in [6, 6.07) is 11.9. The molecule has 0 saturated carbocycles. The smallest absolute Gasteiger partial charge is 0.300 e. The molecule has 9 nitrogen and oxygen atoms in total. The van der Waals surface area contributed by atoms with Gasteiger partial charge in [0.05, 0.1) is 57.2 Å². The van der Waals surface area contributed by atoms with Crippen LogP contribution < -0.4 is 28.6 Å². The number of carbonyl (C=O) groups is 2. The van der Waals surface area contributed by atoms with Gasteiger partial charge in [-0.25, -0.2) is 0 Å². The third-order valence-corrected chi connectivity index (χ3v) is 7.02. The maximum atomic E-state index is 13.6. The van der Waals surface area contributed by atoms with E-state index in [2.05, 4.69) is 0 Å². The molecule has 4 rings (SSSR count). The molecule has 1 heterocycles. The standard InChI is InChI=1S/C29H27Cl2NO8/c1-6-40-21-13-15(7-12-20(21)37-3)24-22(25(33)18-14-19(30)28(39-5)23(31)27(18)38-4)26(34)29(35)32(24)16-8-10-17(36-2)11-9-16/h7-14,24,33H,6H2,1-5H3/b25-22+. The number of Topliss-reactive ketones (excluding diaryl/α,β-unsaturated/α-hetero) is 1. The molecule has 1 fully saturated rings. The second-order valence-corrected chi connectivity index (χ2v) is 9.28. The predicted octanol–water partition coefficient (Wildman–Crippen LogP) is 6.05. The predicted molar refractivity (Wildman–Crippen MR) is 152 cm³/mol. The van der Waals surface area contributed by atoms with Crippen molar-refractivity contribution in [1.82, 2.24) is 0 Å². The summed E-state index contributed by atoms with van der Waals surface area (Å²) in [5.41, 5.74) is 0.683. The zero-order valence-corrected chi connectivity index (χ0v) is 23.9. The highest BCUT2D eigenvalue weighted by Crippen LogP contribution is 2.48. The van der Waals surface area contributed by atoms with Crippen LogP contribution in [-0.2, 0) is 9.59 Å². The Balaban J connectivity index is 2.02. The highest BCUT2D eigenvalue weighted by atomic mass is 35.5. The van der Waals surface area contributed by atoms with Crippen LogP contribution in [0.4, 0.5) is 5.69 Å². The Morgan fingerprint density at radius 3 is 2.12 bits per heavy atom. The summed E-state index contributed by atoms with van der Waals surface area (Å²) in [6.07, 6.45) is 0. The lowest BCUT2D eigenvalue weighted by molar-refractivity contribution is -0.132. The van der Waals surface area contributed by atoms with Crippen LogP contribution in [-0.4, -0.2) is 51.8 Å². The van der Waals surface area contributed by atoms with E-state index in [1.54, 1.807) is 42.5 Å². The third kappa shape index (κ3) is 4.98. The van der Waals surface area contributed by atoms with Crippen molar-refractivity contribution in [2.24, 2.45) is 0 Å². The van der Waals surface area contributed by atoms with E-state index in [0.717, 1.165) is 0 Å². The van der Waals surface area contributed by atoms with Crippen molar-refractivity contribution in [3.05, 3.63) is 75.3 Å². The SMILES string of the molecule is CCOc1cc(C2/C(=C(\O)c3cc(Cl)c(OC)c(Cl)c3OC)C(=O)C(=O)N2c2ccc(OC)cc2)ccc1OC. The summed E-state index contributed by atoms with van der Waals surface area (Å²) >= 11 is 12.8. The van der Waals surface area contributed by atoms with Gasteiger partial charge in [-0.05, 0) is 55.0 Å². The summed E-state index contributed by atoms with van der Waals surface area (Å²) < 4.78 is 27.1. The Labute approximate surface area is 241 Å². The van der Waals surface area contributed by atoms with E-state index in [9.17, 15) is 14.7 Å². The lowest BCUT2D eigenvalue weighted by Gasteiger charge is -2.26. The maximum absolute atomic E-state index is 13.6. The van der Waals surface area contributed by atoms with Crippen molar-refractivity contribution >= 4 is 46.3 Å². The fourth-order valence-electron chi connectivity index (χ4n) is 4.58. The molecule has 3 aromatic rings. The second-order valence-electron chi connectivity index (χ2n) is 8.50. The topological polar surface area (TPSA) is 104 Å². The fourth-order valence-corrected chi connectivity index (χ4v) is 5.27. The zero-order chi connectivity index (χ0) is 29.1. The molecule has 1 amide bonds.